The number of nitrogens with one attached hydrogen (secondary N) is 2. The van der Waals surface area contributed by atoms with Gasteiger partial charge < -0.3 is 10.2 Å². The van der Waals surface area contributed by atoms with Crippen molar-refractivity contribution in [3.05, 3.63) is 64.2 Å². The van der Waals surface area contributed by atoms with Crippen LogP contribution in [0.4, 0.5) is 10.8 Å². The van der Waals surface area contributed by atoms with Gasteiger partial charge in [0.2, 0.25) is 27.0 Å². The number of carbonyl (C=O) groups is 2. The van der Waals surface area contributed by atoms with Crippen LogP contribution in [0, 0.1) is 26.7 Å². The molecule has 0 aliphatic carbocycles. The lowest BCUT2D eigenvalue weighted by Gasteiger charge is -2.20. The van der Waals surface area contributed by atoms with E-state index in [1.807, 2.05) is 39.0 Å². The molecule has 0 saturated carbocycles. The molecule has 1 unspecified atom stereocenters. The van der Waals surface area contributed by atoms with Gasteiger partial charge in [-0.15, -0.1) is 10.2 Å². The zero-order valence-electron chi connectivity index (χ0n) is 19.7. The van der Waals surface area contributed by atoms with Crippen LogP contribution in [0.5, 0.6) is 0 Å². The van der Waals surface area contributed by atoms with Crippen LogP contribution in [0.3, 0.4) is 0 Å². The van der Waals surface area contributed by atoms with Crippen molar-refractivity contribution < 1.29 is 18.0 Å². The van der Waals surface area contributed by atoms with E-state index in [1.54, 1.807) is 29.2 Å². The molecule has 0 spiro atoms. The molecule has 3 aromatic rings. The lowest BCUT2D eigenvalue weighted by atomic mass is 10.1. The van der Waals surface area contributed by atoms with E-state index in [9.17, 15) is 18.0 Å². The van der Waals surface area contributed by atoms with Crippen LogP contribution >= 0.6 is 11.3 Å². The summed E-state index contributed by atoms with van der Waals surface area (Å²) in [6, 6.07) is 12.4. The number of hydrogen-bond acceptors (Lipinski definition) is 7. The molecular weight excluding hydrogens is 486 g/mol. The van der Waals surface area contributed by atoms with E-state index in [0.717, 1.165) is 22.4 Å². The average Bonchev–Trinajstić information content (AvgIpc) is 3.42. The first kappa shape index (κ1) is 25.0. The summed E-state index contributed by atoms with van der Waals surface area (Å²) in [6.07, 6.45) is 0.465. The predicted octanol–water partition coefficient (Wildman–Crippen LogP) is 2.98. The van der Waals surface area contributed by atoms with Crippen LogP contribution < -0.4 is 14.9 Å². The summed E-state index contributed by atoms with van der Waals surface area (Å²) in [5, 5.41) is 11.7. The van der Waals surface area contributed by atoms with Gasteiger partial charge in [-0.1, -0.05) is 41.2 Å². The molecule has 1 aromatic heterocycles. The van der Waals surface area contributed by atoms with Crippen LogP contribution in [0.1, 0.15) is 28.1 Å². The summed E-state index contributed by atoms with van der Waals surface area (Å²) in [7, 11) is -3.61. The Bertz CT molecular complexity index is 1350. The van der Waals surface area contributed by atoms with Crippen LogP contribution in [0.2, 0.25) is 0 Å². The third-order valence-electron chi connectivity index (χ3n) is 6.02. The maximum atomic E-state index is 12.8. The minimum absolute atomic E-state index is 0.0855. The molecule has 2 amide bonds. The third-order valence-corrected chi connectivity index (χ3v) is 8.40. The Morgan fingerprint density at radius 3 is 2.60 bits per heavy atom. The first-order valence-corrected chi connectivity index (χ1v) is 13.5. The standard InChI is InChI=1S/C24H27N5O4S2/c1-15-7-9-19(10-8-15)35(32,33)25-12-11-21-27-28-24(34-21)26-23(31)18-13-22(30)29(14-18)20-6-4-5-16(2)17(20)3/h4-10,18,25H,11-14H2,1-3H3,(H,26,28,31). The van der Waals surface area contributed by atoms with E-state index in [2.05, 4.69) is 20.2 Å². The Hall–Kier alpha value is -3.15. The molecule has 2 heterocycles. The van der Waals surface area contributed by atoms with Gasteiger partial charge in [0.05, 0.1) is 10.8 Å². The zero-order chi connectivity index (χ0) is 25.2. The molecule has 1 atom stereocenters. The van der Waals surface area contributed by atoms with Gasteiger partial charge in [-0.2, -0.15) is 0 Å². The number of rotatable bonds is 8. The van der Waals surface area contributed by atoms with E-state index in [-0.39, 0.29) is 29.7 Å². The SMILES string of the molecule is Cc1ccc(S(=O)(=O)NCCc2nnc(NC(=O)C3CC(=O)N(c4cccc(C)c4C)C3)s2)cc1. The second-order valence-corrected chi connectivity index (χ2v) is 11.4. The second kappa shape index (κ2) is 10.2. The maximum absolute atomic E-state index is 12.8. The first-order chi connectivity index (χ1) is 16.6. The smallest absolute Gasteiger partial charge is 0.240 e. The highest BCUT2D eigenvalue weighted by Gasteiger charge is 2.36. The van der Waals surface area contributed by atoms with Crippen LogP contribution in [-0.2, 0) is 26.0 Å². The van der Waals surface area contributed by atoms with Gasteiger partial charge >= 0.3 is 0 Å². The second-order valence-electron chi connectivity index (χ2n) is 8.58. The monoisotopic (exact) mass is 513 g/mol. The first-order valence-electron chi connectivity index (χ1n) is 11.2. The van der Waals surface area contributed by atoms with E-state index in [1.165, 1.54) is 11.3 Å². The number of aromatic nitrogens is 2. The van der Waals surface area contributed by atoms with Gasteiger partial charge in [-0.25, -0.2) is 13.1 Å². The number of aryl methyl sites for hydroxylation is 2. The number of sulfonamides is 1. The molecule has 1 fully saturated rings. The summed E-state index contributed by atoms with van der Waals surface area (Å²) in [4.78, 5) is 27.2. The number of amides is 2. The lowest BCUT2D eigenvalue weighted by molar-refractivity contribution is -0.122. The molecule has 2 N–H and O–H groups in total. The van der Waals surface area contributed by atoms with Crippen LogP contribution in [-0.4, -0.2) is 43.5 Å². The highest BCUT2D eigenvalue weighted by molar-refractivity contribution is 7.89. The Morgan fingerprint density at radius 2 is 1.86 bits per heavy atom. The summed E-state index contributed by atoms with van der Waals surface area (Å²) in [6.45, 7) is 6.31. The Labute approximate surface area is 208 Å². The van der Waals surface area contributed by atoms with Gasteiger partial charge in [0, 0.05) is 31.6 Å². The molecule has 1 saturated heterocycles. The quantitative estimate of drug-likeness (QED) is 0.478. The normalized spacial score (nSPS) is 16.0. The molecule has 11 heteroatoms. The van der Waals surface area contributed by atoms with E-state index in [0.29, 0.717) is 23.1 Å². The lowest BCUT2D eigenvalue weighted by Crippen LogP contribution is -2.28. The summed E-state index contributed by atoms with van der Waals surface area (Å²) < 4.78 is 27.3. The predicted molar refractivity (Wildman–Crippen MR) is 135 cm³/mol. The minimum atomic E-state index is -3.61. The van der Waals surface area contributed by atoms with Crippen LogP contribution in [0.25, 0.3) is 0 Å². The molecular formula is C24H27N5O4S2. The van der Waals surface area contributed by atoms with Gasteiger partial charge in [0.25, 0.3) is 0 Å². The van der Waals surface area contributed by atoms with Crippen molar-refractivity contribution in [3.63, 3.8) is 0 Å². The molecule has 4 rings (SSSR count). The Kier molecular flexibility index (Phi) is 7.29. The van der Waals surface area contributed by atoms with Gasteiger partial charge in [-0.05, 0) is 50.1 Å². The molecule has 35 heavy (non-hydrogen) atoms. The Balaban J connectivity index is 1.31. The summed E-state index contributed by atoms with van der Waals surface area (Å²) in [5.41, 5.74) is 3.92. The van der Waals surface area contributed by atoms with E-state index < -0.39 is 15.9 Å². The molecule has 1 aliphatic heterocycles. The number of carbonyl (C=O) groups excluding carboxylic acids is 2. The number of nitrogens with zero attached hydrogens (tertiary/aromatic N) is 3. The average molecular weight is 514 g/mol. The summed E-state index contributed by atoms with van der Waals surface area (Å²) in [5.74, 6) is -0.859. The number of hydrogen-bond donors (Lipinski definition) is 2. The third kappa shape index (κ3) is 5.75. The van der Waals surface area contributed by atoms with Crippen LogP contribution in [0.15, 0.2) is 47.4 Å². The molecule has 9 nitrogen and oxygen atoms in total. The van der Waals surface area contributed by atoms with Crippen molar-refractivity contribution in [2.45, 2.75) is 38.5 Å². The Morgan fingerprint density at radius 1 is 1.11 bits per heavy atom. The highest BCUT2D eigenvalue weighted by Crippen LogP contribution is 2.30. The molecule has 1 aliphatic rings. The van der Waals surface area contributed by atoms with Crippen molar-refractivity contribution in [3.8, 4) is 0 Å². The van der Waals surface area contributed by atoms with Gasteiger partial charge in [0.1, 0.15) is 5.01 Å². The topological polar surface area (TPSA) is 121 Å². The molecule has 0 radical (unpaired) electrons. The van der Waals surface area contributed by atoms with Crippen molar-refractivity contribution in [2.75, 3.05) is 23.3 Å². The zero-order valence-corrected chi connectivity index (χ0v) is 21.4. The highest BCUT2D eigenvalue weighted by atomic mass is 32.2. The molecule has 2 aromatic carbocycles. The van der Waals surface area contributed by atoms with E-state index >= 15 is 0 Å². The van der Waals surface area contributed by atoms with Crippen molar-refractivity contribution in [1.82, 2.24) is 14.9 Å². The molecule has 0 bridgehead atoms. The fourth-order valence-corrected chi connectivity index (χ4v) is 5.62. The fraction of sp³-hybridized carbons (Fsp3) is 0.333. The largest absolute Gasteiger partial charge is 0.311 e. The maximum Gasteiger partial charge on any atom is 0.240 e. The van der Waals surface area contributed by atoms with E-state index in [4.69, 9.17) is 0 Å². The minimum Gasteiger partial charge on any atom is -0.311 e. The van der Waals surface area contributed by atoms with Crippen molar-refractivity contribution >= 4 is 44.0 Å². The summed E-state index contributed by atoms with van der Waals surface area (Å²) >= 11 is 1.18. The fourth-order valence-electron chi connectivity index (χ4n) is 3.85. The van der Waals surface area contributed by atoms with Crippen molar-refractivity contribution in [2.24, 2.45) is 5.92 Å². The number of anilines is 2. The van der Waals surface area contributed by atoms with Gasteiger partial charge in [0.15, 0.2) is 0 Å². The van der Waals surface area contributed by atoms with Gasteiger partial charge in [-0.3, -0.25) is 9.59 Å². The number of benzene rings is 2. The van der Waals surface area contributed by atoms with Crippen molar-refractivity contribution in [1.29, 1.82) is 0 Å². The molecule has 184 valence electrons.